The van der Waals surface area contributed by atoms with Crippen molar-refractivity contribution in [2.45, 2.75) is 70.7 Å². The number of hydrogen-bond acceptors (Lipinski definition) is 6. The Hall–Kier alpha value is -1.32. The average molecular weight is 473 g/mol. The Morgan fingerprint density at radius 2 is 1.69 bits per heavy atom. The highest BCUT2D eigenvalue weighted by Gasteiger charge is 2.36. The maximum Gasteiger partial charge on any atom is 0.246 e. The third-order valence-corrected chi connectivity index (χ3v) is 7.18. The molecule has 2 N–H and O–H groups in total. The zero-order valence-electron chi connectivity index (χ0n) is 21.1. The number of likely N-dealkylation sites (N-methyl/N-ethyl adjacent to an activating group) is 2. The highest BCUT2D eigenvalue weighted by Crippen LogP contribution is 2.28. The first-order valence-corrected chi connectivity index (χ1v) is 12.6. The van der Waals surface area contributed by atoms with Crippen LogP contribution >= 0.6 is 11.8 Å². The zero-order chi connectivity index (χ0) is 24.5. The van der Waals surface area contributed by atoms with Gasteiger partial charge in [0.25, 0.3) is 0 Å². The summed E-state index contributed by atoms with van der Waals surface area (Å²) in [5.74, 6) is -0.153. The van der Waals surface area contributed by atoms with Crippen LogP contribution in [0.5, 0.6) is 0 Å². The van der Waals surface area contributed by atoms with Crippen LogP contribution < -0.4 is 5.73 Å². The number of thioether (sulfide) groups is 1. The van der Waals surface area contributed by atoms with Crippen molar-refractivity contribution in [2.75, 3.05) is 52.7 Å². The smallest absolute Gasteiger partial charge is 0.246 e. The van der Waals surface area contributed by atoms with Crippen LogP contribution in [0, 0.1) is 5.92 Å². The van der Waals surface area contributed by atoms with Crippen molar-refractivity contribution in [1.82, 2.24) is 14.7 Å². The highest BCUT2D eigenvalue weighted by molar-refractivity contribution is 8.00. The molecule has 1 rings (SSSR count). The molecule has 0 aromatic heterocycles. The molecule has 0 bridgehead atoms. The molecule has 0 unspecified atom stereocenters. The van der Waals surface area contributed by atoms with Crippen LogP contribution in [0.2, 0.25) is 0 Å². The maximum absolute atomic E-state index is 13.5. The molecule has 3 amide bonds. The molecule has 0 radical (unpaired) electrons. The van der Waals surface area contributed by atoms with Gasteiger partial charge in [0, 0.05) is 50.7 Å². The third kappa shape index (κ3) is 9.27. The minimum absolute atomic E-state index is 0.0645. The van der Waals surface area contributed by atoms with E-state index < -0.39 is 18.0 Å². The molecule has 9 heteroatoms. The Morgan fingerprint density at radius 1 is 1.09 bits per heavy atom. The zero-order valence-corrected chi connectivity index (χ0v) is 21.9. The molecule has 0 aromatic carbocycles. The van der Waals surface area contributed by atoms with Crippen LogP contribution in [0.4, 0.5) is 0 Å². The van der Waals surface area contributed by atoms with Gasteiger partial charge in [-0.25, -0.2) is 0 Å². The van der Waals surface area contributed by atoms with E-state index in [1.54, 1.807) is 30.8 Å². The number of carbonyl (C=O) groups is 3. The number of hydrogen-bond donors (Lipinski definition) is 1. The van der Waals surface area contributed by atoms with E-state index in [1.807, 2.05) is 20.8 Å². The molecule has 1 fully saturated rings. The fraction of sp³-hybridized carbons (Fsp3) is 0.870. The van der Waals surface area contributed by atoms with Crippen molar-refractivity contribution in [3.8, 4) is 0 Å². The second kappa shape index (κ2) is 13.4. The molecule has 0 aromatic rings. The van der Waals surface area contributed by atoms with Gasteiger partial charge < -0.3 is 20.3 Å². The largest absolute Gasteiger partial charge is 0.379 e. The molecule has 1 saturated heterocycles. The van der Waals surface area contributed by atoms with Gasteiger partial charge >= 0.3 is 0 Å². The van der Waals surface area contributed by atoms with Crippen molar-refractivity contribution >= 4 is 29.5 Å². The Bertz CT molecular complexity index is 623. The van der Waals surface area contributed by atoms with Gasteiger partial charge in [-0.3, -0.25) is 19.3 Å². The van der Waals surface area contributed by atoms with Gasteiger partial charge in [-0.15, -0.1) is 0 Å². The van der Waals surface area contributed by atoms with Gasteiger partial charge in [-0.1, -0.05) is 20.8 Å². The molecule has 1 aliphatic rings. The summed E-state index contributed by atoms with van der Waals surface area (Å²) in [4.78, 5) is 43.6. The topological polar surface area (TPSA) is 96.2 Å². The predicted octanol–water partition coefficient (Wildman–Crippen LogP) is 1.82. The predicted molar refractivity (Wildman–Crippen MR) is 130 cm³/mol. The van der Waals surface area contributed by atoms with Gasteiger partial charge in [0.2, 0.25) is 17.7 Å². The summed E-state index contributed by atoms with van der Waals surface area (Å²) in [5.41, 5.74) is 5.62. The summed E-state index contributed by atoms with van der Waals surface area (Å²) in [6.07, 6.45) is 1.59. The molecular formula is C23H44N4O4S. The SMILES string of the molecule is CCCC(=O)N(C)[C@H](CSC(C)(C)CN1CCOCC1)C(=O)N(C)[C@@H](CC(C)C)C(N)=O. The lowest BCUT2D eigenvalue weighted by atomic mass is 10.0. The molecule has 32 heavy (non-hydrogen) atoms. The molecule has 2 atom stereocenters. The van der Waals surface area contributed by atoms with E-state index in [0.29, 0.717) is 25.0 Å². The lowest BCUT2D eigenvalue weighted by Gasteiger charge is -2.37. The van der Waals surface area contributed by atoms with Crippen LogP contribution in [0.3, 0.4) is 0 Å². The van der Waals surface area contributed by atoms with Gasteiger partial charge in [-0.05, 0) is 32.6 Å². The minimum Gasteiger partial charge on any atom is -0.379 e. The third-order valence-electron chi connectivity index (χ3n) is 5.79. The number of nitrogens with zero attached hydrogens (tertiary/aromatic N) is 3. The molecule has 0 aliphatic carbocycles. The van der Waals surface area contributed by atoms with E-state index >= 15 is 0 Å². The molecule has 1 heterocycles. The molecule has 186 valence electrons. The highest BCUT2D eigenvalue weighted by atomic mass is 32.2. The number of amides is 3. The van der Waals surface area contributed by atoms with Crippen molar-refractivity contribution in [1.29, 1.82) is 0 Å². The van der Waals surface area contributed by atoms with Crippen molar-refractivity contribution < 1.29 is 19.1 Å². The van der Waals surface area contributed by atoms with Crippen molar-refractivity contribution in [3.05, 3.63) is 0 Å². The van der Waals surface area contributed by atoms with Gasteiger partial charge in [-0.2, -0.15) is 11.8 Å². The first-order valence-electron chi connectivity index (χ1n) is 11.6. The van der Waals surface area contributed by atoms with E-state index in [-0.39, 0.29) is 22.5 Å². The summed E-state index contributed by atoms with van der Waals surface area (Å²) < 4.78 is 5.33. The first-order chi connectivity index (χ1) is 14.9. The van der Waals surface area contributed by atoms with E-state index in [9.17, 15) is 14.4 Å². The molecule has 0 spiro atoms. The lowest BCUT2D eigenvalue weighted by Crippen LogP contribution is -2.55. The van der Waals surface area contributed by atoms with Gasteiger partial charge in [0.1, 0.15) is 12.1 Å². The number of primary amides is 1. The summed E-state index contributed by atoms with van der Waals surface area (Å²) in [7, 11) is 3.31. The van der Waals surface area contributed by atoms with E-state index in [0.717, 1.165) is 32.8 Å². The maximum atomic E-state index is 13.5. The van der Waals surface area contributed by atoms with Gasteiger partial charge in [0.15, 0.2) is 0 Å². The van der Waals surface area contributed by atoms with E-state index in [1.165, 1.54) is 4.90 Å². The minimum atomic E-state index is -0.689. The summed E-state index contributed by atoms with van der Waals surface area (Å²) in [5, 5.41) is 0. The summed E-state index contributed by atoms with van der Waals surface area (Å²) >= 11 is 1.68. The number of nitrogens with two attached hydrogens (primary N) is 1. The van der Waals surface area contributed by atoms with Crippen molar-refractivity contribution in [2.24, 2.45) is 11.7 Å². The van der Waals surface area contributed by atoms with Crippen LogP contribution in [0.1, 0.15) is 53.9 Å². The van der Waals surface area contributed by atoms with Crippen LogP contribution in [0.15, 0.2) is 0 Å². The normalized spacial score (nSPS) is 17.1. The van der Waals surface area contributed by atoms with Crippen molar-refractivity contribution in [3.63, 3.8) is 0 Å². The summed E-state index contributed by atoms with van der Waals surface area (Å²) in [6, 6.07) is -1.34. The Balaban J connectivity index is 2.99. The molecule has 8 nitrogen and oxygen atoms in total. The summed E-state index contributed by atoms with van der Waals surface area (Å²) in [6.45, 7) is 14.4. The fourth-order valence-corrected chi connectivity index (χ4v) is 5.11. The molecule has 1 aliphatic heterocycles. The quantitative estimate of drug-likeness (QED) is 0.439. The average Bonchev–Trinajstić information content (AvgIpc) is 2.71. The fourth-order valence-electron chi connectivity index (χ4n) is 3.86. The lowest BCUT2D eigenvalue weighted by molar-refractivity contribution is -0.146. The molecular weight excluding hydrogens is 428 g/mol. The van der Waals surface area contributed by atoms with Crippen LogP contribution in [-0.2, 0) is 19.1 Å². The van der Waals surface area contributed by atoms with E-state index in [4.69, 9.17) is 10.5 Å². The Kier molecular flexibility index (Phi) is 12.0. The number of ether oxygens (including phenoxy) is 1. The van der Waals surface area contributed by atoms with Gasteiger partial charge in [0.05, 0.1) is 13.2 Å². The Morgan fingerprint density at radius 3 is 2.19 bits per heavy atom. The monoisotopic (exact) mass is 472 g/mol. The van der Waals surface area contributed by atoms with E-state index in [2.05, 4.69) is 18.7 Å². The first kappa shape index (κ1) is 28.7. The number of rotatable bonds is 13. The molecule has 0 saturated carbocycles. The number of morpholine rings is 1. The second-order valence-corrected chi connectivity index (χ2v) is 11.5. The number of carbonyl (C=O) groups excluding carboxylic acids is 3. The second-order valence-electron chi connectivity index (χ2n) is 9.73. The van der Waals surface area contributed by atoms with Crippen LogP contribution in [0.25, 0.3) is 0 Å². The standard InChI is InChI=1S/C23H44N4O4S/c1-8-9-20(28)25(6)19(22(30)26(7)18(21(24)29)14-17(2)3)15-32-23(4,5)16-27-10-12-31-13-11-27/h17-19H,8-16H2,1-7H3,(H2,24,29)/t18-,19+/m0/s1. The Labute approximate surface area is 198 Å². The van der Waals surface area contributed by atoms with Crippen LogP contribution in [-0.4, -0.2) is 102 Å².